The number of nitrogens with zero attached hydrogens (tertiary/aromatic N) is 1. The monoisotopic (exact) mass is 474 g/mol. The van der Waals surface area contributed by atoms with Crippen molar-refractivity contribution in [2.75, 3.05) is 20.2 Å². The smallest absolute Gasteiger partial charge is 0.243 e. The van der Waals surface area contributed by atoms with Crippen LogP contribution in [0.3, 0.4) is 0 Å². The van der Waals surface area contributed by atoms with Crippen LogP contribution in [0.1, 0.15) is 18.4 Å². The van der Waals surface area contributed by atoms with Crippen LogP contribution in [-0.4, -0.2) is 38.8 Å². The Labute approximate surface area is 191 Å². The number of sulfonamides is 1. The Balaban J connectivity index is 1.33. The molecule has 1 saturated heterocycles. The maximum absolute atomic E-state index is 13.5. The zero-order chi connectivity index (χ0) is 23.6. The summed E-state index contributed by atoms with van der Waals surface area (Å²) in [7, 11) is -2.33. The molecular formula is C24H24F2N2O4S. The fourth-order valence-corrected chi connectivity index (χ4v) is 5.47. The van der Waals surface area contributed by atoms with Crippen molar-refractivity contribution in [3.05, 3.63) is 71.8 Å². The lowest BCUT2D eigenvalue weighted by molar-refractivity contribution is -0.126. The van der Waals surface area contributed by atoms with Gasteiger partial charge >= 0.3 is 0 Å². The summed E-state index contributed by atoms with van der Waals surface area (Å²) in [5, 5.41) is 5.01. The van der Waals surface area contributed by atoms with Crippen molar-refractivity contribution in [3.8, 4) is 5.75 Å². The molecule has 0 aromatic heterocycles. The molecule has 1 fully saturated rings. The number of piperidine rings is 1. The maximum atomic E-state index is 13.5. The van der Waals surface area contributed by atoms with Gasteiger partial charge in [-0.2, -0.15) is 4.31 Å². The summed E-state index contributed by atoms with van der Waals surface area (Å²) in [5.74, 6) is -1.98. The number of amides is 1. The lowest BCUT2D eigenvalue weighted by Gasteiger charge is -2.30. The summed E-state index contributed by atoms with van der Waals surface area (Å²) in [4.78, 5) is 12.3. The minimum absolute atomic E-state index is 0.130. The number of rotatable bonds is 6. The van der Waals surface area contributed by atoms with Crippen LogP contribution < -0.4 is 10.1 Å². The highest BCUT2D eigenvalue weighted by Gasteiger charge is 2.32. The lowest BCUT2D eigenvalue weighted by Crippen LogP contribution is -2.42. The molecule has 0 unspecified atom stereocenters. The molecule has 9 heteroatoms. The number of halogens is 2. The molecule has 6 nitrogen and oxygen atoms in total. The fraction of sp³-hybridized carbons (Fsp3) is 0.292. The molecule has 1 aliphatic rings. The molecule has 0 aliphatic carbocycles. The molecule has 33 heavy (non-hydrogen) atoms. The highest BCUT2D eigenvalue weighted by atomic mass is 32.2. The van der Waals surface area contributed by atoms with Gasteiger partial charge in [0.15, 0.2) is 11.6 Å². The highest BCUT2D eigenvalue weighted by Crippen LogP contribution is 2.25. The summed E-state index contributed by atoms with van der Waals surface area (Å²) in [5.41, 5.74) is 0.958. The van der Waals surface area contributed by atoms with Gasteiger partial charge in [-0.15, -0.1) is 0 Å². The molecular weight excluding hydrogens is 450 g/mol. The molecule has 0 spiro atoms. The van der Waals surface area contributed by atoms with Crippen molar-refractivity contribution in [1.82, 2.24) is 9.62 Å². The van der Waals surface area contributed by atoms with Crippen LogP contribution in [0, 0.1) is 17.6 Å². The van der Waals surface area contributed by atoms with Gasteiger partial charge in [0.2, 0.25) is 15.9 Å². The molecule has 0 bridgehead atoms. The van der Waals surface area contributed by atoms with Crippen molar-refractivity contribution in [2.24, 2.45) is 5.92 Å². The van der Waals surface area contributed by atoms with Gasteiger partial charge in [-0.25, -0.2) is 17.2 Å². The maximum Gasteiger partial charge on any atom is 0.243 e. The second kappa shape index (κ2) is 9.44. The predicted molar refractivity (Wildman–Crippen MR) is 120 cm³/mol. The molecule has 1 aliphatic heterocycles. The van der Waals surface area contributed by atoms with Gasteiger partial charge in [0.05, 0.1) is 12.0 Å². The van der Waals surface area contributed by atoms with Crippen molar-refractivity contribution in [2.45, 2.75) is 24.3 Å². The SMILES string of the molecule is COc1ccc2cc(CNC(=O)C3CCN(S(=O)(=O)c4ccc(F)c(F)c4)CC3)ccc2c1. The molecule has 4 rings (SSSR count). The number of hydrogen-bond acceptors (Lipinski definition) is 4. The summed E-state index contributed by atoms with van der Waals surface area (Å²) in [6.07, 6.45) is 0.707. The topological polar surface area (TPSA) is 75.7 Å². The number of hydrogen-bond donors (Lipinski definition) is 1. The third-order valence-corrected chi connectivity index (χ3v) is 7.83. The van der Waals surface area contributed by atoms with Crippen LogP contribution in [0.5, 0.6) is 5.75 Å². The van der Waals surface area contributed by atoms with E-state index >= 15 is 0 Å². The Kier molecular flexibility index (Phi) is 6.62. The van der Waals surface area contributed by atoms with E-state index in [1.165, 1.54) is 4.31 Å². The van der Waals surface area contributed by atoms with Gasteiger partial charge in [-0.05, 0) is 65.6 Å². The minimum Gasteiger partial charge on any atom is -0.497 e. The molecule has 3 aromatic carbocycles. The molecule has 0 saturated carbocycles. The van der Waals surface area contributed by atoms with E-state index in [9.17, 15) is 22.0 Å². The van der Waals surface area contributed by atoms with Gasteiger partial charge in [-0.3, -0.25) is 4.79 Å². The summed E-state index contributed by atoms with van der Waals surface area (Å²) < 4.78 is 58.5. The first-order chi connectivity index (χ1) is 15.8. The van der Waals surface area contributed by atoms with Gasteiger partial charge in [0.1, 0.15) is 5.75 Å². The van der Waals surface area contributed by atoms with E-state index in [-0.39, 0.29) is 29.8 Å². The van der Waals surface area contributed by atoms with Crippen LogP contribution in [0.25, 0.3) is 10.8 Å². The zero-order valence-corrected chi connectivity index (χ0v) is 18.9. The van der Waals surface area contributed by atoms with E-state index < -0.39 is 21.7 Å². The van der Waals surface area contributed by atoms with Gasteiger partial charge in [0.25, 0.3) is 0 Å². The summed E-state index contributed by atoms with van der Waals surface area (Å²) in [6, 6.07) is 14.2. The van der Waals surface area contributed by atoms with Crippen LogP contribution >= 0.6 is 0 Å². The molecule has 1 N–H and O–H groups in total. The first kappa shape index (κ1) is 23.1. The van der Waals surface area contributed by atoms with E-state index in [4.69, 9.17) is 4.74 Å². The fourth-order valence-electron chi connectivity index (χ4n) is 3.99. The molecule has 174 valence electrons. The minimum atomic E-state index is -3.95. The number of carbonyl (C=O) groups is 1. The number of fused-ring (bicyclic) bond motifs is 1. The second-order valence-corrected chi connectivity index (χ2v) is 9.96. The van der Waals surface area contributed by atoms with E-state index in [1.807, 2.05) is 36.4 Å². The van der Waals surface area contributed by atoms with Crippen LogP contribution in [0.15, 0.2) is 59.5 Å². The van der Waals surface area contributed by atoms with E-state index in [0.717, 1.165) is 34.2 Å². The second-order valence-electron chi connectivity index (χ2n) is 8.02. The van der Waals surface area contributed by atoms with Crippen LogP contribution in [0.4, 0.5) is 8.78 Å². The van der Waals surface area contributed by atoms with Gasteiger partial charge < -0.3 is 10.1 Å². The predicted octanol–water partition coefficient (Wildman–Crippen LogP) is 3.84. The van der Waals surface area contributed by atoms with E-state index in [2.05, 4.69) is 5.32 Å². The number of benzene rings is 3. The standard InChI is InChI=1S/C24H24F2N2O4S/c1-32-20-5-4-18-12-16(2-3-19(18)13-20)15-27-24(29)17-8-10-28(11-9-17)33(30,31)21-6-7-22(25)23(26)14-21/h2-7,12-14,17H,8-11,15H2,1H3,(H,27,29). The Hall–Kier alpha value is -3.04. The Morgan fingerprint density at radius 1 is 1.00 bits per heavy atom. The molecule has 1 amide bonds. The Morgan fingerprint density at radius 2 is 1.70 bits per heavy atom. The van der Waals surface area contributed by atoms with Crippen LogP contribution in [0.2, 0.25) is 0 Å². The van der Waals surface area contributed by atoms with Crippen molar-refractivity contribution < 1.29 is 26.7 Å². The summed E-state index contributed by atoms with van der Waals surface area (Å²) in [6.45, 7) is 0.641. The highest BCUT2D eigenvalue weighted by molar-refractivity contribution is 7.89. The van der Waals surface area contributed by atoms with Crippen molar-refractivity contribution in [3.63, 3.8) is 0 Å². The average Bonchev–Trinajstić information content (AvgIpc) is 2.83. The third kappa shape index (κ3) is 4.99. The van der Waals surface area contributed by atoms with E-state index in [1.54, 1.807) is 7.11 Å². The first-order valence-electron chi connectivity index (χ1n) is 10.6. The number of methoxy groups -OCH3 is 1. The number of nitrogens with one attached hydrogen (secondary N) is 1. The Morgan fingerprint density at radius 3 is 2.39 bits per heavy atom. The zero-order valence-electron chi connectivity index (χ0n) is 18.1. The van der Waals surface area contributed by atoms with E-state index in [0.29, 0.717) is 25.5 Å². The van der Waals surface area contributed by atoms with Crippen molar-refractivity contribution >= 4 is 26.7 Å². The molecule has 3 aromatic rings. The Bertz CT molecular complexity index is 1290. The largest absolute Gasteiger partial charge is 0.497 e. The first-order valence-corrected chi connectivity index (χ1v) is 12.0. The molecule has 1 heterocycles. The molecule has 0 radical (unpaired) electrons. The molecule has 0 atom stereocenters. The average molecular weight is 475 g/mol. The normalized spacial score (nSPS) is 15.5. The summed E-state index contributed by atoms with van der Waals surface area (Å²) >= 11 is 0. The van der Waals surface area contributed by atoms with Gasteiger partial charge in [0, 0.05) is 25.6 Å². The van der Waals surface area contributed by atoms with Crippen LogP contribution in [-0.2, 0) is 21.4 Å². The number of ether oxygens (including phenoxy) is 1. The van der Waals surface area contributed by atoms with Crippen molar-refractivity contribution in [1.29, 1.82) is 0 Å². The van der Waals surface area contributed by atoms with Gasteiger partial charge in [-0.1, -0.05) is 18.2 Å². The number of carbonyl (C=O) groups excluding carboxylic acids is 1. The lowest BCUT2D eigenvalue weighted by atomic mass is 9.97. The third-order valence-electron chi connectivity index (χ3n) is 5.93. The quantitative estimate of drug-likeness (QED) is 0.589.